The summed E-state index contributed by atoms with van der Waals surface area (Å²) >= 11 is 0. The summed E-state index contributed by atoms with van der Waals surface area (Å²) in [5.41, 5.74) is 2.36. The van der Waals surface area contributed by atoms with E-state index < -0.39 is 0 Å². The van der Waals surface area contributed by atoms with Gasteiger partial charge in [0.15, 0.2) is 0 Å². The first-order chi connectivity index (χ1) is 9.06. The van der Waals surface area contributed by atoms with Crippen LogP contribution in [0.2, 0.25) is 0 Å². The van der Waals surface area contributed by atoms with Gasteiger partial charge >= 0.3 is 6.03 Å². The maximum absolute atomic E-state index is 12.0. The molecule has 0 radical (unpaired) electrons. The fraction of sp³-hybridized carbons (Fsp3) is 0.533. The van der Waals surface area contributed by atoms with E-state index in [-0.39, 0.29) is 18.2 Å². The van der Waals surface area contributed by atoms with Gasteiger partial charge in [-0.15, -0.1) is 0 Å². The number of carbonyl (C=O) groups is 1. The Hall–Kier alpha value is -1.55. The van der Waals surface area contributed by atoms with Crippen molar-refractivity contribution in [1.29, 1.82) is 0 Å². The zero-order valence-electron chi connectivity index (χ0n) is 11.8. The lowest BCUT2D eigenvalue weighted by molar-refractivity contribution is -0.0156. The third-order valence-corrected chi connectivity index (χ3v) is 3.21. The first-order valence-corrected chi connectivity index (χ1v) is 6.80. The van der Waals surface area contributed by atoms with E-state index in [1.807, 2.05) is 18.7 Å². The fourth-order valence-corrected chi connectivity index (χ4v) is 2.15. The second-order valence-corrected chi connectivity index (χ2v) is 5.32. The Morgan fingerprint density at radius 2 is 2.05 bits per heavy atom. The van der Waals surface area contributed by atoms with E-state index >= 15 is 0 Å². The Morgan fingerprint density at radius 1 is 1.37 bits per heavy atom. The number of aryl methyl sites for hydroxylation is 1. The molecular formula is C15H22N2O2. The van der Waals surface area contributed by atoms with Gasteiger partial charge in [0.25, 0.3) is 0 Å². The molecule has 0 saturated carbocycles. The maximum atomic E-state index is 12.0. The Kier molecular flexibility index (Phi) is 4.43. The van der Waals surface area contributed by atoms with Gasteiger partial charge in [-0.2, -0.15) is 0 Å². The van der Waals surface area contributed by atoms with Crippen LogP contribution in [0.5, 0.6) is 0 Å². The molecule has 1 aromatic carbocycles. The summed E-state index contributed by atoms with van der Waals surface area (Å²) < 4.78 is 5.77. The number of urea groups is 1. The zero-order valence-corrected chi connectivity index (χ0v) is 11.8. The Bertz CT molecular complexity index is 428. The largest absolute Gasteiger partial charge is 0.370 e. The monoisotopic (exact) mass is 262 g/mol. The van der Waals surface area contributed by atoms with Crippen LogP contribution < -0.4 is 5.32 Å². The van der Waals surface area contributed by atoms with E-state index in [4.69, 9.17) is 4.74 Å². The highest BCUT2D eigenvalue weighted by Gasteiger charge is 2.25. The number of rotatable bonds is 2. The molecule has 1 aliphatic rings. The predicted molar refractivity (Wildman–Crippen MR) is 75.1 cm³/mol. The van der Waals surface area contributed by atoms with Gasteiger partial charge in [-0.1, -0.05) is 29.8 Å². The van der Waals surface area contributed by atoms with Gasteiger partial charge in [-0.25, -0.2) is 4.79 Å². The van der Waals surface area contributed by atoms with Gasteiger partial charge in [0.05, 0.1) is 13.2 Å². The minimum Gasteiger partial charge on any atom is -0.370 e. The van der Waals surface area contributed by atoms with E-state index in [0.29, 0.717) is 19.7 Å². The molecule has 19 heavy (non-hydrogen) atoms. The van der Waals surface area contributed by atoms with Crippen LogP contribution in [0.25, 0.3) is 0 Å². The van der Waals surface area contributed by atoms with Gasteiger partial charge < -0.3 is 15.0 Å². The van der Waals surface area contributed by atoms with Gasteiger partial charge in [-0.3, -0.25) is 0 Å². The van der Waals surface area contributed by atoms with Crippen molar-refractivity contribution in [2.75, 3.05) is 19.7 Å². The number of nitrogens with one attached hydrogen (secondary N) is 1. The van der Waals surface area contributed by atoms with Crippen molar-refractivity contribution in [2.45, 2.75) is 32.9 Å². The summed E-state index contributed by atoms with van der Waals surface area (Å²) in [4.78, 5) is 13.8. The molecule has 4 nitrogen and oxygen atoms in total. The van der Waals surface area contributed by atoms with Crippen molar-refractivity contribution in [3.63, 3.8) is 0 Å². The second kappa shape index (κ2) is 6.06. The van der Waals surface area contributed by atoms with E-state index in [2.05, 4.69) is 36.5 Å². The molecule has 0 aliphatic carbocycles. The normalized spacial score (nSPS) is 19.6. The fourth-order valence-electron chi connectivity index (χ4n) is 2.15. The Balaban J connectivity index is 2.00. The molecule has 1 aliphatic heterocycles. The van der Waals surface area contributed by atoms with Crippen molar-refractivity contribution in [3.8, 4) is 0 Å². The standard InChI is InChI=1S/C15H22N2O2/c1-11(2)16-15(18)17-8-9-19-14(10-17)13-6-4-12(3)5-7-13/h4-7,11,14H,8-10H2,1-3H3,(H,16,18). The number of morpholine rings is 1. The molecule has 1 N–H and O–H groups in total. The smallest absolute Gasteiger partial charge is 0.317 e. The number of benzene rings is 1. The molecule has 0 aromatic heterocycles. The molecule has 1 unspecified atom stereocenters. The highest BCUT2D eigenvalue weighted by molar-refractivity contribution is 5.74. The van der Waals surface area contributed by atoms with E-state index in [1.165, 1.54) is 5.56 Å². The lowest BCUT2D eigenvalue weighted by Crippen LogP contribution is -2.48. The van der Waals surface area contributed by atoms with Crippen LogP contribution in [0.3, 0.4) is 0 Å². The number of hydrogen-bond acceptors (Lipinski definition) is 2. The van der Waals surface area contributed by atoms with Crippen LogP contribution in [-0.2, 0) is 4.74 Å². The Morgan fingerprint density at radius 3 is 2.68 bits per heavy atom. The average Bonchev–Trinajstić information content (AvgIpc) is 2.39. The van der Waals surface area contributed by atoms with Crippen molar-refractivity contribution >= 4 is 6.03 Å². The Labute approximate surface area is 114 Å². The van der Waals surface area contributed by atoms with Crippen molar-refractivity contribution in [2.24, 2.45) is 0 Å². The summed E-state index contributed by atoms with van der Waals surface area (Å²) in [5.74, 6) is 0. The molecule has 0 spiro atoms. The summed E-state index contributed by atoms with van der Waals surface area (Å²) in [5, 5.41) is 2.93. The number of ether oxygens (including phenoxy) is 1. The summed E-state index contributed by atoms with van der Waals surface area (Å²) in [6, 6.07) is 8.45. The lowest BCUT2D eigenvalue weighted by atomic mass is 10.1. The minimum absolute atomic E-state index is 0.00425. The first kappa shape index (κ1) is 13.9. The van der Waals surface area contributed by atoms with E-state index in [9.17, 15) is 4.79 Å². The van der Waals surface area contributed by atoms with Crippen LogP contribution in [0.4, 0.5) is 4.79 Å². The maximum Gasteiger partial charge on any atom is 0.317 e. The number of hydrogen-bond donors (Lipinski definition) is 1. The topological polar surface area (TPSA) is 41.6 Å². The average molecular weight is 262 g/mol. The van der Waals surface area contributed by atoms with Crippen LogP contribution in [0, 0.1) is 6.92 Å². The molecule has 4 heteroatoms. The van der Waals surface area contributed by atoms with Gasteiger partial charge in [0.2, 0.25) is 0 Å². The highest BCUT2D eigenvalue weighted by atomic mass is 16.5. The molecule has 0 bridgehead atoms. The van der Waals surface area contributed by atoms with E-state index in [0.717, 1.165) is 5.56 Å². The number of carbonyl (C=O) groups excluding carboxylic acids is 1. The molecule has 1 saturated heterocycles. The second-order valence-electron chi connectivity index (χ2n) is 5.32. The SMILES string of the molecule is Cc1ccc(C2CN(C(=O)NC(C)C)CCO2)cc1. The van der Waals surface area contributed by atoms with Gasteiger partial charge in [-0.05, 0) is 26.3 Å². The van der Waals surface area contributed by atoms with Crippen molar-refractivity contribution in [1.82, 2.24) is 10.2 Å². The van der Waals surface area contributed by atoms with E-state index in [1.54, 1.807) is 0 Å². The third kappa shape index (κ3) is 3.70. The van der Waals surface area contributed by atoms with Crippen LogP contribution in [-0.4, -0.2) is 36.7 Å². The zero-order chi connectivity index (χ0) is 13.8. The van der Waals surface area contributed by atoms with Crippen LogP contribution in [0.15, 0.2) is 24.3 Å². The van der Waals surface area contributed by atoms with Crippen molar-refractivity contribution < 1.29 is 9.53 Å². The summed E-state index contributed by atoms with van der Waals surface area (Å²) in [7, 11) is 0. The van der Waals surface area contributed by atoms with Crippen molar-refractivity contribution in [3.05, 3.63) is 35.4 Å². The first-order valence-electron chi connectivity index (χ1n) is 6.80. The molecule has 1 heterocycles. The third-order valence-electron chi connectivity index (χ3n) is 3.21. The summed E-state index contributed by atoms with van der Waals surface area (Å²) in [6.45, 7) is 7.85. The lowest BCUT2D eigenvalue weighted by Gasteiger charge is -2.33. The quantitative estimate of drug-likeness (QED) is 0.889. The highest BCUT2D eigenvalue weighted by Crippen LogP contribution is 2.22. The molecule has 104 valence electrons. The molecule has 1 fully saturated rings. The summed E-state index contributed by atoms with van der Waals surface area (Å²) in [6.07, 6.45) is -0.0211. The molecule has 2 amide bonds. The molecule has 1 atom stereocenters. The van der Waals surface area contributed by atoms with Crippen LogP contribution >= 0.6 is 0 Å². The minimum atomic E-state index is -0.0211. The van der Waals surface area contributed by atoms with Crippen LogP contribution in [0.1, 0.15) is 31.1 Å². The molecular weight excluding hydrogens is 240 g/mol. The number of amides is 2. The molecule has 1 aromatic rings. The molecule has 2 rings (SSSR count). The predicted octanol–water partition coefficient (Wildman–Crippen LogP) is 2.49. The van der Waals surface area contributed by atoms with Gasteiger partial charge in [0.1, 0.15) is 6.10 Å². The number of nitrogens with zero attached hydrogens (tertiary/aromatic N) is 1. The van der Waals surface area contributed by atoms with Gasteiger partial charge in [0, 0.05) is 12.6 Å².